The fraction of sp³-hybridized carbons (Fsp3) is 0.571. The highest BCUT2D eigenvalue weighted by molar-refractivity contribution is 5.49. The average molecular weight is 171 g/mol. The van der Waals surface area contributed by atoms with Crippen LogP contribution in [0.25, 0.3) is 0 Å². The van der Waals surface area contributed by atoms with E-state index in [2.05, 4.69) is 9.68 Å². The molecule has 0 aliphatic rings. The van der Waals surface area contributed by atoms with E-state index in [9.17, 15) is 0 Å². The molecule has 3 N–H and O–H groups in total. The second-order valence-corrected chi connectivity index (χ2v) is 3.06. The van der Waals surface area contributed by atoms with Crippen molar-refractivity contribution < 1.29 is 9.63 Å². The molecule has 1 rings (SSSR count). The summed E-state index contributed by atoms with van der Waals surface area (Å²) in [6.07, 6.45) is 1.39. The number of anilines is 1. The van der Waals surface area contributed by atoms with Crippen LogP contribution >= 0.6 is 0 Å². The minimum Gasteiger partial charge on any atom is -0.478 e. The molecule has 0 amide bonds. The Labute approximate surface area is 70.7 Å². The molecule has 5 nitrogen and oxygen atoms in total. The van der Waals surface area contributed by atoms with Gasteiger partial charge in [-0.1, -0.05) is 19.0 Å². The minimum absolute atomic E-state index is 0.238. The lowest BCUT2D eigenvalue weighted by molar-refractivity contribution is 0.278. The molecule has 0 radical (unpaired) electrons. The molecule has 1 heterocycles. The van der Waals surface area contributed by atoms with Crippen molar-refractivity contribution in [3.63, 3.8) is 0 Å². The van der Waals surface area contributed by atoms with Crippen molar-refractivity contribution in [1.29, 1.82) is 0 Å². The van der Waals surface area contributed by atoms with Gasteiger partial charge in [0, 0.05) is 6.54 Å². The van der Waals surface area contributed by atoms with Crippen LogP contribution in [0.3, 0.4) is 0 Å². The SMILES string of the molecule is CC(C)CN(N)c1cnoc1O. The van der Waals surface area contributed by atoms with Gasteiger partial charge in [0.1, 0.15) is 0 Å². The van der Waals surface area contributed by atoms with E-state index in [1.807, 2.05) is 13.8 Å². The van der Waals surface area contributed by atoms with E-state index in [1.165, 1.54) is 11.2 Å². The summed E-state index contributed by atoms with van der Waals surface area (Å²) < 4.78 is 4.45. The Kier molecular flexibility index (Phi) is 2.54. The van der Waals surface area contributed by atoms with Crippen LogP contribution in [0, 0.1) is 5.92 Å². The lowest BCUT2D eigenvalue weighted by atomic mass is 10.2. The zero-order valence-corrected chi connectivity index (χ0v) is 7.19. The third kappa shape index (κ3) is 1.88. The molecule has 0 aliphatic carbocycles. The van der Waals surface area contributed by atoms with Gasteiger partial charge >= 0.3 is 5.95 Å². The normalized spacial score (nSPS) is 10.7. The van der Waals surface area contributed by atoms with Crippen molar-refractivity contribution in [2.75, 3.05) is 11.6 Å². The highest BCUT2D eigenvalue weighted by atomic mass is 16.5. The molecule has 0 saturated carbocycles. The number of aromatic hydroxyl groups is 1. The monoisotopic (exact) mass is 171 g/mol. The maximum Gasteiger partial charge on any atom is 0.333 e. The first kappa shape index (κ1) is 8.86. The van der Waals surface area contributed by atoms with Crippen molar-refractivity contribution in [3.05, 3.63) is 6.20 Å². The molecule has 0 aliphatic heterocycles. The number of aromatic nitrogens is 1. The Balaban J connectivity index is 2.65. The molecule has 0 spiro atoms. The first-order valence-corrected chi connectivity index (χ1v) is 3.77. The minimum atomic E-state index is -0.238. The molecule has 68 valence electrons. The molecule has 0 bridgehead atoms. The van der Waals surface area contributed by atoms with Crippen molar-refractivity contribution in [1.82, 2.24) is 5.16 Å². The largest absolute Gasteiger partial charge is 0.478 e. The summed E-state index contributed by atoms with van der Waals surface area (Å²) in [5.41, 5.74) is 0.420. The van der Waals surface area contributed by atoms with Gasteiger partial charge in [-0.25, -0.2) is 5.84 Å². The van der Waals surface area contributed by atoms with Crippen molar-refractivity contribution in [2.24, 2.45) is 11.8 Å². The van der Waals surface area contributed by atoms with Gasteiger partial charge in [-0.15, -0.1) is 0 Å². The number of nitrogens with two attached hydrogens (primary N) is 1. The van der Waals surface area contributed by atoms with Crippen molar-refractivity contribution in [3.8, 4) is 5.95 Å². The highest BCUT2D eigenvalue weighted by Crippen LogP contribution is 2.24. The van der Waals surface area contributed by atoms with Crippen LogP contribution in [0.1, 0.15) is 13.8 Å². The molecular formula is C7H13N3O2. The fourth-order valence-corrected chi connectivity index (χ4v) is 0.917. The van der Waals surface area contributed by atoms with Crippen LogP contribution in [0.2, 0.25) is 0 Å². The van der Waals surface area contributed by atoms with Gasteiger partial charge in [0.25, 0.3) is 0 Å². The fourth-order valence-electron chi connectivity index (χ4n) is 0.917. The number of nitrogens with zero attached hydrogens (tertiary/aromatic N) is 2. The Morgan fingerprint density at radius 1 is 1.75 bits per heavy atom. The molecule has 5 heteroatoms. The summed E-state index contributed by atoms with van der Waals surface area (Å²) in [7, 11) is 0. The van der Waals surface area contributed by atoms with E-state index < -0.39 is 0 Å². The smallest absolute Gasteiger partial charge is 0.333 e. The third-order valence-corrected chi connectivity index (χ3v) is 1.40. The maximum absolute atomic E-state index is 9.08. The topological polar surface area (TPSA) is 75.5 Å². The van der Waals surface area contributed by atoms with Gasteiger partial charge in [0.15, 0.2) is 5.69 Å². The molecule has 12 heavy (non-hydrogen) atoms. The zero-order chi connectivity index (χ0) is 9.14. The summed E-state index contributed by atoms with van der Waals surface area (Å²) >= 11 is 0. The number of hydrogen-bond acceptors (Lipinski definition) is 5. The van der Waals surface area contributed by atoms with Crippen LogP contribution in [0.15, 0.2) is 10.7 Å². The van der Waals surface area contributed by atoms with Crippen LogP contribution < -0.4 is 10.9 Å². The van der Waals surface area contributed by atoms with Crippen molar-refractivity contribution in [2.45, 2.75) is 13.8 Å². The number of rotatable bonds is 3. The third-order valence-electron chi connectivity index (χ3n) is 1.40. The van der Waals surface area contributed by atoms with E-state index >= 15 is 0 Å². The summed E-state index contributed by atoms with van der Waals surface area (Å²) in [6.45, 7) is 4.71. The summed E-state index contributed by atoms with van der Waals surface area (Å²) in [5.74, 6) is 5.80. The summed E-state index contributed by atoms with van der Waals surface area (Å²) in [4.78, 5) is 0. The number of hydrazine groups is 1. The Morgan fingerprint density at radius 3 is 2.83 bits per heavy atom. The van der Waals surface area contributed by atoms with Gasteiger partial charge in [-0.2, -0.15) is 0 Å². The Hall–Kier alpha value is -1.23. The standard InChI is InChI=1S/C7H13N3O2/c1-5(2)4-10(8)6-3-9-12-7(6)11/h3,5,11H,4,8H2,1-2H3. The summed E-state index contributed by atoms with van der Waals surface area (Å²) in [6, 6.07) is 0. The van der Waals surface area contributed by atoms with Crippen LogP contribution in [0.5, 0.6) is 5.95 Å². The molecule has 0 saturated heterocycles. The predicted molar refractivity (Wildman–Crippen MR) is 44.5 cm³/mol. The van der Waals surface area contributed by atoms with Gasteiger partial charge in [0.2, 0.25) is 0 Å². The highest BCUT2D eigenvalue weighted by Gasteiger charge is 2.12. The number of hydrogen-bond donors (Lipinski definition) is 2. The Morgan fingerprint density at radius 2 is 2.42 bits per heavy atom. The van der Waals surface area contributed by atoms with E-state index in [1.54, 1.807) is 0 Å². The predicted octanol–water partition coefficient (Wildman–Crippen LogP) is 0.716. The van der Waals surface area contributed by atoms with Crippen LogP contribution in [-0.4, -0.2) is 16.8 Å². The maximum atomic E-state index is 9.08. The molecule has 0 atom stereocenters. The quantitative estimate of drug-likeness (QED) is 0.517. The molecule has 1 aromatic heterocycles. The molecule has 1 aromatic rings. The first-order valence-electron chi connectivity index (χ1n) is 3.77. The van der Waals surface area contributed by atoms with E-state index in [4.69, 9.17) is 10.9 Å². The van der Waals surface area contributed by atoms with Crippen LogP contribution in [0.4, 0.5) is 5.69 Å². The molecular weight excluding hydrogens is 158 g/mol. The first-order chi connectivity index (χ1) is 5.61. The molecule has 0 unspecified atom stereocenters. The van der Waals surface area contributed by atoms with Crippen molar-refractivity contribution >= 4 is 5.69 Å². The Bertz CT molecular complexity index is 247. The van der Waals surface area contributed by atoms with Gasteiger partial charge in [0.05, 0.1) is 6.20 Å². The molecule has 0 aromatic carbocycles. The molecule has 0 fully saturated rings. The average Bonchev–Trinajstić information content (AvgIpc) is 2.33. The summed E-state index contributed by atoms with van der Waals surface area (Å²) in [5, 5.41) is 13.9. The van der Waals surface area contributed by atoms with E-state index in [0.29, 0.717) is 18.2 Å². The van der Waals surface area contributed by atoms with Gasteiger partial charge in [-0.05, 0) is 5.92 Å². The van der Waals surface area contributed by atoms with Gasteiger partial charge in [-0.3, -0.25) is 0 Å². The second kappa shape index (κ2) is 3.44. The second-order valence-electron chi connectivity index (χ2n) is 3.06. The lowest BCUT2D eigenvalue weighted by Gasteiger charge is -2.17. The lowest BCUT2D eigenvalue weighted by Crippen LogP contribution is -2.34. The van der Waals surface area contributed by atoms with E-state index in [0.717, 1.165) is 0 Å². The van der Waals surface area contributed by atoms with Gasteiger partial charge < -0.3 is 14.6 Å². The zero-order valence-electron chi connectivity index (χ0n) is 7.19. The van der Waals surface area contributed by atoms with Crippen LogP contribution in [-0.2, 0) is 0 Å². The van der Waals surface area contributed by atoms with E-state index in [-0.39, 0.29) is 5.95 Å².